The summed E-state index contributed by atoms with van der Waals surface area (Å²) < 4.78 is 0.959. The predicted molar refractivity (Wildman–Crippen MR) is 74.2 cm³/mol. The van der Waals surface area contributed by atoms with Crippen molar-refractivity contribution in [1.29, 1.82) is 0 Å². The van der Waals surface area contributed by atoms with Crippen molar-refractivity contribution in [1.82, 2.24) is 10.2 Å². The second-order valence-corrected chi connectivity index (χ2v) is 5.04. The normalized spacial score (nSPS) is 10.6. The third kappa shape index (κ3) is 4.66. The van der Waals surface area contributed by atoms with Crippen molar-refractivity contribution in [2.24, 2.45) is 0 Å². The molecule has 0 heterocycles. The molecule has 0 saturated carbocycles. The number of nitrogens with zero attached hydrogens (tertiary/aromatic N) is 1. The van der Waals surface area contributed by atoms with Crippen molar-refractivity contribution >= 4 is 33.4 Å². The fourth-order valence-electron chi connectivity index (χ4n) is 1.45. The molecule has 1 aromatic carbocycles. The van der Waals surface area contributed by atoms with E-state index in [9.17, 15) is 4.79 Å². The molecule has 3 nitrogen and oxygen atoms in total. The van der Waals surface area contributed by atoms with Crippen molar-refractivity contribution in [3.05, 3.63) is 33.3 Å². The van der Waals surface area contributed by atoms with E-state index < -0.39 is 0 Å². The second kappa shape index (κ2) is 6.99. The average molecular weight is 320 g/mol. The molecule has 0 fully saturated rings. The minimum Gasteiger partial charge on any atom is -0.358 e. The first-order valence-corrected chi connectivity index (χ1v) is 6.60. The van der Waals surface area contributed by atoms with Crippen LogP contribution in [0.2, 0.25) is 5.02 Å². The van der Waals surface area contributed by atoms with E-state index in [2.05, 4.69) is 21.2 Å². The standard InChI is InChI=1S/C12H16BrClN2O/c1-3-16(8-12(17)15-2)7-9-4-5-10(13)6-11(9)14/h4-6H,3,7-8H2,1-2H3,(H,15,17). The molecule has 0 radical (unpaired) electrons. The van der Waals surface area contributed by atoms with Crippen LogP contribution in [0.1, 0.15) is 12.5 Å². The lowest BCUT2D eigenvalue weighted by Crippen LogP contribution is -2.35. The SMILES string of the molecule is CCN(CC(=O)NC)Cc1ccc(Br)cc1Cl. The third-order valence-electron chi connectivity index (χ3n) is 2.50. The van der Waals surface area contributed by atoms with Gasteiger partial charge in [-0.3, -0.25) is 9.69 Å². The van der Waals surface area contributed by atoms with Gasteiger partial charge in [0, 0.05) is 23.1 Å². The lowest BCUT2D eigenvalue weighted by Gasteiger charge is -2.20. The number of nitrogens with one attached hydrogen (secondary N) is 1. The number of carbonyl (C=O) groups is 1. The Hall–Kier alpha value is -0.580. The van der Waals surface area contributed by atoms with Gasteiger partial charge in [-0.15, -0.1) is 0 Å². The van der Waals surface area contributed by atoms with Gasteiger partial charge in [-0.05, 0) is 24.2 Å². The van der Waals surface area contributed by atoms with Crippen molar-refractivity contribution in [2.45, 2.75) is 13.5 Å². The van der Waals surface area contributed by atoms with Gasteiger partial charge in [0.1, 0.15) is 0 Å². The fourth-order valence-corrected chi connectivity index (χ4v) is 2.19. The molecule has 0 atom stereocenters. The van der Waals surface area contributed by atoms with E-state index in [0.717, 1.165) is 21.6 Å². The van der Waals surface area contributed by atoms with E-state index in [1.54, 1.807) is 7.05 Å². The number of likely N-dealkylation sites (N-methyl/N-ethyl adjacent to an activating group) is 2. The third-order valence-corrected chi connectivity index (χ3v) is 3.35. The summed E-state index contributed by atoms with van der Waals surface area (Å²) in [4.78, 5) is 13.4. The molecule has 5 heteroatoms. The summed E-state index contributed by atoms with van der Waals surface area (Å²) in [7, 11) is 1.64. The number of carbonyl (C=O) groups excluding carboxylic acids is 1. The van der Waals surface area contributed by atoms with Crippen molar-refractivity contribution in [2.75, 3.05) is 20.1 Å². The highest BCUT2D eigenvalue weighted by atomic mass is 79.9. The van der Waals surface area contributed by atoms with Gasteiger partial charge >= 0.3 is 0 Å². The van der Waals surface area contributed by atoms with Crippen LogP contribution < -0.4 is 5.32 Å². The van der Waals surface area contributed by atoms with E-state index in [-0.39, 0.29) is 5.91 Å². The Morgan fingerprint density at radius 3 is 2.76 bits per heavy atom. The van der Waals surface area contributed by atoms with E-state index in [4.69, 9.17) is 11.6 Å². The number of amides is 1. The first kappa shape index (κ1) is 14.5. The Bertz CT molecular complexity index is 398. The molecule has 0 aliphatic carbocycles. The van der Waals surface area contributed by atoms with Gasteiger partial charge in [-0.1, -0.05) is 40.5 Å². The number of benzene rings is 1. The summed E-state index contributed by atoms with van der Waals surface area (Å²) >= 11 is 9.51. The van der Waals surface area contributed by atoms with Crippen molar-refractivity contribution in [3.8, 4) is 0 Å². The minimum atomic E-state index is 0.0140. The number of hydrogen-bond donors (Lipinski definition) is 1. The lowest BCUT2D eigenvalue weighted by atomic mass is 10.2. The molecule has 94 valence electrons. The van der Waals surface area contributed by atoms with Crippen molar-refractivity contribution < 1.29 is 4.79 Å². The fraction of sp³-hybridized carbons (Fsp3) is 0.417. The summed E-state index contributed by atoms with van der Waals surface area (Å²) in [6.07, 6.45) is 0. The van der Waals surface area contributed by atoms with Crippen LogP contribution in [0.4, 0.5) is 0 Å². The topological polar surface area (TPSA) is 32.3 Å². The smallest absolute Gasteiger partial charge is 0.233 e. The van der Waals surface area contributed by atoms with Crippen molar-refractivity contribution in [3.63, 3.8) is 0 Å². The zero-order valence-corrected chi connectivity index (χ0v) is 12.3. The van der Waals surface area contributed by atoms with E-state index >= 15 is 0 Å². The van der Waals surface area contributed by atoms with Crippen LogP contribution in [-0.2, 0) is 11.3 Å². The lowest BCUT2D eigenvalue weighted by molar-refractivity contribution is -0.121. The van der Waals surface area contributed by atoms with Gasteiger partial charge in [0.2, 0.25) is 5.91 Å². The summed E-state index contributed by atoms with van der Waals surface area (Å²) in [6.45, 7) is 3.89. The van der Waals surface area contributed by atoms with Gasteiger partial charge < -0.3 is 5.32 Å². The molecule has 0 saturated heterocycles. The number of rotatable bonds is 5. The molecule has 17 heavy (non-hydrogen) atoms. The average Bonchev–Trinajstić information content (AvgIpc) is 2.31. The molecular weight excluding hydrogens is 304 g/mol. The van der Waals surface area contributed by atoms with Crippen LogP contribution in [0.25, 0.3) is 0 Å². The first-order valence-electron chi connectivity index (χ1n) is 5.43. The Kier molecular flexibility index (Phi) is 5.95. The van der Waals surface area contributed by atoms with Crippen LogP contribution >= 0.6 is 27.5 Å². The molecule has 0 bridgehead atoms. The van der Waals surface area contributed by atoms with Crippen LogP contribution in [-0.4, -0.2) is 30.9 Å². The Balaban J connectivity index is 2.70. The van der Waals surface area contributed by atoms with E-state index in [1.807, 2.05) is 30.0 Å². The number of halogens is 2. The summed E-state index contributed by atoms with van der Waals surface area (Å²) in [5.74, 6) is 0.0140. The Labute approximate surface area is 115 Å². The number of hydrogen-bond acceptors (Lipinski definition) is 2. The summed E-state index contributed by atoms with van der Waals surface area (Å²) in [6, 6.07) is 5.79. The molecular formula is C12H16BrClN2O. The quantitative estimate of drug-likeness (QED) is 0.905. The van der Waals surface area contributed by atoms with Crippen LogP contribution in [0.3, 0.4) is 0 Å². The molecule has 0 aliphatic rings. The molecule has 0 spiro atoms. The van der Waals surface area contributed by atoms with Gasteiger partial charge in [-0.2, -0.15) is 0 Å². The molecule has 1 aromatic rings. The summed E-state index contributed by atoms with van der Waals surface area (Å²) in [5, 5.41) is 3.34. The van der Waals surface area contributed by atoms with Crippen LogP contribution in [0.5, 0.6) is 0 Å². The largest absolute Gasteiger partial charge is 0.358 e. The highest BCUT2D eigenvalue weighted by Gasteiger charge is 2.10. The maximum atomic E-state index is 11.3. The molecule has 0 aromatic heterocycles. The van der Waals surface area contributed by atoms with Gasteiger partial charge in [-0.25, -0.2) is 0 Å². The highest BCUT2D eigenvalue weighted by Crippen LogP contribution is 2.22. The first-order chi connectivity index (χ1) is 8.06. The van der Waals surface area contributed by atoms with Crippen LogP contribution in [0.15, 0.2) is 22.7 Å². The predicted octanol–water partition coefficient (Wildman–Crippen LogP) is 2.67. The maximum absolute atomic E-state index is 11.3. The Morgan fingerprint density at radius 1 is 1.53 bits per heavy atom. The molecule has 1 rings (SSSR count). The van der Waals surface area contributed by atoms with Gasteiger partial charge in [0.15, 0.2) is 0 Å². The summed E-state index contributed by atoms with van der Waals surface area (Å²) in [5.41, 5.74) is 1.03. The molecule has 0 aliphatic heterocycles. The van der Waals surface area contributed by atoms with Gasteiger partial charge in [0.25, 0.3) is 0 Å². The maximum Gasteiger partial charge on any atom is 0.233 e. The molecule has 1 amide bonds. The monoisotopic (exact) mass is 318 g/mol. The Morgan fingerprint density at radius 2 is 2.24 bits per heavy atom. The van der Waals surface area contributed by atoms with Crippen LogP contribution in [0, 0.1) is 0 Å². The zero-order chi connectivity index (χ0) is 12.8. The van der Waals surface area contributed by atoms with Gasteiger partial charge in [0.05, 0.1) is 6.54 Å². The molecule has 0 unspecified atom stereocenters. The highest BCUT2D eigenvalue weighted by molar-refractivity contribution is 9.10. The molecule has 1 N–H and O–H groups in total. The minimum absolute atomic E-state index is 0.0140. The zero-order valence-electron chi connectivity index (χ0n) is 9.96. The van der Waals surface area contributed by atoms with E-state index in [0.29, 0.717) is 13.1 Å². The second-order valence-electron chi connectivity index (χ2n) is 3.71. The van der Waals surface area contributed by atoms with E-state index in [1.165, 1.54) is 0 Å².